The van der Waals surface area contributed by atoms with E-state index in [0.717, 1.165) is 5.56 Å². The number of methoxy groups -OCH3 is 1. The lowest BCUT2D eigenvalue weighted by Gasteiger charge is -2.30. The van der Waals surface area contributed by atoms with Crippen molar-refractivity contribution < 1.29 is 23.1 Å². The lowest BCUT2D eigenvalue weighted by Crippen LogP contribution is -2.43. The van der Waals surface area contributed by atoms with Crippen molar-refractivity contribution in [3.63, 3.8) is 0 Å². The summed E-state index contributed by atoms with van der Waals surface area (Å²) < 4.78 is 33.1. The highest BCUT2D eigenvalue weighted by atomic mass is 35.5. The van der Waals surface area contributed by atoms with Crippen molar-refractivity contribution in [2.75, 3.05) is 13.7 Å². The van der Waals surface area contributed by atoms with Crippen LogP contribution in [0.5, 0.6) is 0 Å². The first-order valence-electron chi connectivity index (χ1n) is 9.94. The van der Waals surface area contributed by atoms with Crippen molar-refractivity contribution in [2.45, 2.75) is 23.9 Å². The van der Waals surface area contributed by atoms with Crippen molar-refractivity contribution in [1.82, 2.24) is 4.31 Å². The van der Waals surface area contributed by atoms with Crippen LogP contribution < -0.4 is 0 Å². The van der Waals surface area contributed by atoms with Crippen molar-refractivity contribution in [2.24, 2.45) is 0 Å². The fourth-order valence-electron chi connectivity index (χ4n) is 3.34. The monoisotopic (exact) mass is 473 g/mol. The van der Waals surface area contributed by atoms with Crippen molar-refractivity contribution in [1.29, 1.82) is 0 Å². The third kappa shape index (κ3) is 5.75. The molecule has 0 aromatic heterocycles. The van der Waals surface area contributed by atoms with E-state index in [1.165, 1.54) is 35.7 Å². The number of carbonyl (C=O) groups excluding carboxylic acids is 1. The third-order valence-corrected chi connectivity index (χ3v) is 7.23. The lowest BCUT2D eigenvalue weighted by atomic mass is 10.1. The molecule has 0 saturated carbocycles. The SMILES string of the molecule is COC(=O)c1ccc(CN(C(CO)Cc2ccccc2)S(=O)(=O)c2ccc(Cl)cc2)cc1. The molecule has 8 heteroatoms. The van der Waals surface area contributed by atoms with Crippen LogP contribution >= 0.6 is 11.6 Å². The average Bonchev–Trinajstić information content (AvgIpc) is 2.82. The third-order valence-electron chi connectivity index (χ3n) is 5.07. The van der Waals surface area contributed by atoms with Crippen LogP contribution in [0.25, 0.3) is 0 Å². The molecule has 0 fully saturated rings. The number of benzene rings is 3. The van der Waals surface area contributed by atoms with Crippen LogP contribution in [0.2, 0.25) is 5.02 Å². The van der Waals surface area contributed by atoms with Gasteiger partial charge in [-0.1, -0.05) is 54.1 Å². The second-order valence-corrected chi connectivity index (χ2v) is 9.55. The van der Waals surface area contributed by atoms with E-state index in [4.69, 9.17) is 16.3 Å². The molecular formula is C24H24ClNO5S. The predicted molar refractivity (Wildman–Crippen MR) is 123 cm³/mol. The number of halogens is 1. The van der Waals surface area contributed by atoms with E-state index in [1.54, 1.807) is 24.3 Å². The molecule has 168 valence electrons. The van der Waals surface area contributed by atoms with Gasteiger partial charge < -0.3 is 9.84 Å². The highest BCUT2D eigenvalue weighted by Gasteiger charge is 2.31. The maximum Gasteiger partial charge on any atom is 0.337 e. The average molecular weight is 474 g/mol. The molecule has 3 aromatic carbocycles. The standard InChI is InChI=1S/C24H24ClNO5S/c1-31-24(28)20-9-7-19(8-10-20)16-26(22(17-27)15-18-5-3-2-4-6-18)32(29,30)23-13-11-21(25)12-14-23/h2-14,22,27H,15-17H2,1H3. The number of esters is 1. The molecule has 0 heterocycles. The van der Waals surface area contributed by atoms with Gasteiger partial charge in [0.1, 0.15) is 0 Å². The minimum Gasteiger partial charge on any atom is -0.465 e. The molecule has 1 unspecified atom stereocenters. The Morgan fingerprint density at radius 1 is 0.969 bits per heavy atom. The second-order valence-electron chi connectivity index (χ2n) is 7.22. The summed E-state index contributed by atoms with van der Waals surface area (Å²) in [7, 11) is -2.66. The first kappa shape index (κ1) is 23.9. The van der Waals surface area contributed by atoms with E-state index in [1.807, 2.05) is 30.3 Å². The molecular weight excluding hydrogens is 450 g/mol. The number of aliphatic hydroxyl groups excluding tert-OH is 1. The van der Waals surface area contributed by atoms with E-state index < -0.39 is 22.0 Å². The molecule has 0 aliphatic carbocycles. The van der Waals surface area contributed by atoms with E-state index in [9.17, 15) is 18.3 Å². The molecule has 0 aliphatic heterocycles. The molecule has 1 N–H and O–H groups in total. The quantitative estimate of drug-likeness (QED) is 0.476. The molecule has 0 spiro atoms. The van der Waals surface area contributed by atoms with Gasteiger partial charge in [-0.2, -0.15) is 4.31 Å². The topological polar surface area (TPSA) is 83.9 Å². The summed E-state index contributed by atoms with van der Waals surface area (Å²) in [5.41, 5.74) is 1.94. The van der Waals surface area contributed by atoms with E-state index >= 15 is 0 Å². The van der Waals surface area contributed by atoms with Gasteiger partial charge in [0.25, 0.3) is 0 Å². The smallest absolute Gasteiger partial charge is 0.337 e. The minimum atomic E-state index is -3.96. The predicted octanol–water partition coefficient (Wildman–Crippen LogP) is 3.92. The summed E-state index contributed by atoms with van der Waals surface area (Å²) in [5, 5.41) is 10.6. The van der Waals surface area contributed by atoms with Crippen molar-refractivity contribution in [3.8, 4) is 0 Å². The van der Waals surface area contributed by atoms with Gasteiger partial charge in [-0.25, -0.2) is 13.2 Å². The van der Waals surface area contributed by atoms with Gasteiger partial charge in [-0.05, 0) is 53.9 Å². The van der Waals surface area contributed by atoms with Gasteiger partial charge in [-0.3, -0.25) is 0 Å². The Morgan fingerprint density at radius 2 is 1.59 bits per heavy atom. The highest BCUT2D eigenvalue weighted by Crippen LogP contribution is 2.24. The van der Waals surface area contributed by atoms with E-state index in [-0.39, 0.29) is 18.0 Å². The maximum absolute atomic E-state index is 13.6. The largest absolute Gasteiger partial charge is 0.465 e. The van der Waals surface area contributed by atoms with E-state index in [2.05, 4.69) is 0 Å². The minimum absolute atomic E-state index is 0.0183. The molecule has 1 atom stereocenters. The summed E-state index contributed by atoms with van der Waals surface area (Å²) in [6.45, 7) is -0.341. The summed E-state index contributed by atoms with van der Waals surface area (Å²) in [6, 6.07) is 21.1. The highest BCUT2D eigenvalue weighted by molar-refractivity contribution is 7.89. The van der Waals surface area contributed by atoms with Gasteiger partial charge in [0, 0.05) is 11.6 Å². The Labute approximate surface area is 193 Å². The second kappa shape index (κ2) is 10.7. The summed E-state index contributed by atoms with van der Waals surface area (Å²) in [5.74, 6) is -0.473. The van der Waals surface area contributed by atoms with Gasteiger partial charge >= 0.3 is 5.97 Å². The first-order chi connectivity index (χ1) is 15.3. The molecule has 0 radical (unpaired) electrons. The molecule has 3 rings (SSSR count). The number of hydrogen-bond acceptors (Lipinski definition) is 5. The summed E-state index contributed by atoms with van der Waals surface area (Å²) in [4.78, 5) is 11.8. The number of carbonyl (C=O) groups is 1. The van der Waals surface area contributed by atoms with E-state index in [0.29, 0.717) is 22.6 Å². The lowest BCUT2D eigenvalue weighted by molar-refractivity contribution is 0.0600. The number of hydrogen-bond donors (Lipinski definition) is 1. The number of ether oxygens (including phenoxy) is 1. The zero-order valence-corrected chi connectivity index (χ0v) is 19.1. The van der Waals surface area contributed by atoms with Crippen LogP contribution in [0.15, 0.2) is 83.8 Å². The van der Waals surface area contributed by atoms with Gasteiger partial charge in [0.05, 0.1) is 30.2 Å². The van der Waals surface area contributed by atoms with Crippen LogP contribution in [0, 0.1) is 0 Å². The summed E-state index contributed by atoms with van der Waals surface area (Å²) >= 11 is 5.93. The molecule has 3 aromatic rings. The fraction of sp³-hybridized carbons (Fsp3) is 0.208. The molecule has 0 amide bonds. The van der Waals surface area contributed by atoms with Gasteiger partial charge in [0.2, 0.25) is 10.0 Å². The Kier molecular flexibility index (Phi) is 8.04. The van der Waals surface area contributed by atoms with Crippen LogP contribution in [-0.2, 0) is 27.7 Å². The molecule has 6 nitrogen and oxygen atoms in total. The fourth-order valence-corrected chi connectivity index (χ4v) is 5.07. The van der Waals surface area contributed by atoms with Crippen LogP contribution in [0.3, 0.4) is 0 Å². The summed E-state index contributed by atoms with van der Waals surface area (Å²) in [6.07, 6.45) is 0.338. The number of sulfonamides is 1. The Morgan fingerprint density at radius 3 is 2.16 bits per heavy atom. The maximum atomic E-state index is 13.6. The molecule has 0 saturated heterocycles. The van der Waals surface area contributed by atoms with Crippen LogP contribution in [0.1, 0.15) is 21.5 Å². The molecule has 32 heavy (non-hydrogen) atoms. The Hall–Kier alpha value is -2.71. The molecule has 0 aliphatic rings. The van der Waals surface area contributed by atoms with Gasteiger partial charge in [0.15, 0.2) is 0 Å². The first-order valence-corrected chi connectivity index (χ1v) is 11.8. The number of rotatable bonds is 9. The zero-order chi connectivity index (χ0) is 23.1. The normalized spacial score (nSPS) is 12.5. The van der Waals surface area contributed by atoms with Crippen molar-refractivity contribution in [3.05, 3.63) is 101 Å². The number of aliphatic hydroxyl groups is 1. The Balaban J connectivity index is 1.97. The van der Waals surface area contributed by atoms with Gasteiger partial charge in [-0.15, -0.1) is 0 Å². The number of nitrogens with zero attached hydrogens (tertiary/aromatic N) is 1. The van der Waals surface area contributed by atoms with Crippen molar-refractivity contribution >= 4 is 27.6 Å². The van der Waals surface area contributed by atoms with Crippen LogP contribution in [-0.4, -0.2) is 43.6 Å². The Bertz CT molecular complexity index is 1130. The zero-order valence-electron chi connectivity index (χ0n) is 17.5. The van der Waals surface area contributed by atoms with Crippen LogP contribution in [0.4, 0.5) is 0 Å². The molecule has 0 bridgehead atoms.